The van der Waals surface area contributed by atoms with Crippen LogP contribution < -0.4 is 5.32 Å². The number of rotatable bonds is 2. The lowest BCUT2D eigenvalue weighted by atomic mass is 9.78. The van der Waals surface area contributed by atoms with E-state index in [0.717, 1.165) is 5.56 Å². The molecule has 1 heterocycles. The van der Waals surface area contributed by atoms with Crippen LogP contribution in [0.15, 0.2) is 23.1 Å². The first-order valence-electron chi connectivity index (χ1n) is 6.01. The summed E-state index contributed by atoms with van der Waals surface area (Å²) in [7, 11) is -0.450. The topological polar surface area (TPSA) is 66.5 Å². The third-order valence-electron chi connectivity index (χ3n) is 3.38. The highest BCUT2D eigenvalue weighted by atomic mass is 32.2. The number of benzene rings is 1. The molecule has 0 fully saturated rings. The number of nitrogens with zero attached hydrogens (tertiary/aromatic N) is 1. The van der Waals surface area contributed by atoms with Gasteiger partial charge in [-0.2, -0.15) is 0 Å². The van der Waals surface area contributed by atoms with Crippen molar-refractivity contribution in [3.05, 3.63) is 23.8 Å². The average molecular weight is 282 g/mol. The lowest BCUT2D eigenvalue weighted by Gasteiger charge is -2.32. The Morgan fingerprint density at radius 1 is 1.26 bits per heavy atom. The number of carbonyl (C=O) groups is 1. The highest BCUT2D eigenvalue weighted by Gasteiger charge is 2.33. The van der Waals surface area contributed by atoms with E-state index in [9.17, 15) is 13.2 Å². The number of anilines is 1. The molecule has 1 aliphatic rings. The summed E-state index contributed by atoms with van der Waals surface area (Å²) in [5, 5.41) is 2.78. The van der Waals surface area contributed by atoms with Gasteiger partial charge in [-0.3, -0.25) is 4.79 Å². The Hall–Kier alpha value is -1.40. The predicted octanol–water partition coefficient (Wildman–Crippen LogP) is 1.56. The fourth-order valence-electron chi connectivity index (χ4n) is 2.25. The number of carbonyl (C=O) groups excluding carboxylic acids is 1. The fraction of sp³-hybridized carbons (Fsp3) is 0.462. The zero-order valence-electron chi connectivity index (χ0n) is 11.5. The summed E-state index contributed by atoms with van der Waals surface area (Å²) in [6.45, 7) is 3.88. The normalized spacial score (nSPS) is 18.1. The van der Waals surface area contributed by atoms with Gasteiger partial charge in [-0.1, -0.05) is 13.8 Å². The van der Waals surface area contributed by atoms with Crippen molar-refractivity contribution >= 4 is 21.6 Å². The first-order valence-corrected chi connectivity index (χ1v) is 7.45. The van der Waals surface area contributed by atoms with Crippen molar-refractivity contribution in [2.45, 2.75) is 30.6 Å². The molecule has 1 aromatic rings. The minimum Gasteiger partial charge on any atom is -0.326 e. The Morgan fingerprint density at radius 2 is 1.89 bits per heavy atom. The summed E-state index contributed by atoms with van der Waals surface area (Å²) < 4.78 is 25.4. The van der Waals surface area contributed by atoms with Crippen molar-refractivity contribution in [1.82, 2.24) is 4.31 Å². The smallest absolute Gasteiger partial charge is 0.242 e. The van der Waals surface area contributed by atoms with E-state index < -0.39 is 10.0 Å². The molecule has 5 nitrogen and oxygen atoms in total. The maximum Gasteiger partial charge on any atom is 0.242 e. The molecule has 19 heavy (non-hydrogen) atoms. The molecule has 0 bridgehead atoms. The van der Waals surface area contributed by atoms with Gasteiger partial charge in [0.25, 0.3) is 0 Å². The monoisotopic (exact) mass is 282 g/mol. The van der Waals surface area contributed by atoms with E-state index in [0.29, 0.717) is 12.1 Å². The van der Waals surface area contributed by atoms with Crippen molar-refractivity contribution in [2.24, 2.45) is 0 Å². The van der Waals surface area contributed by atoms with E-state index in [1.807, 2.05) is 13.8 Å². The van der Waals surface area contributed by atoms with Crippen LogP contribution in [0.5, 0.6) is 0 Å². The Labute approximate surface area is 113 Å². The number of fused-ring (bicyclic) bond motifs is 1. The maximum atomic E-state index is 12.1. The summed E-state index contributed by atoms with van der Waals surface area (Å²) in [5.41, 5.74) is 1.18. The molecule has 104 valence electrons. The van der Waals surface area contributed by atoms with Gasteiger partial charge in [0, 0.05) is 31.6 Å². The Balaban J connectivity index is 2.59. The molecule has 1 amide bonds. The predicted molar refractivity (Wildman–Crippen MR) is 73.6 cm³/mol. The van der Waals surface area contributed by atoms with Crippen LogP contribution in [0.1, 0.15) is 25.8 Å². The van der Waals surface area contributed by atoms with Gasteiger partial charge in [0.2, 0.25) is 15.9 Å². The molecule has 0 aliphatic carbocycles. The third kappa shape index (κ3) is 2.37. The maximum absolute atomic E-state index is 12.1. The molecular weight excluding hydrogens is 264 g/mol. The Morgan fingerprint density at radius 3 is 2.47 bits per heavy atom. The van der Waals surface area contributed by atoms with Crippen molar-refractivity contribution in [3.8, 4) is 0 Å². The minimum absolute atomic E-state index is 0.0410. The highest BCUT2D eigenvalue weighted by Crippen LogP contribution is 2.38. The quantitative estimate of drug-likeness (QED) is 0.895. The van der Waals surface area contributed by atoms with Crippen LogP contribution >= 0.6 is 0 Å². The summed E-state index contributed by atoms with van der Waals surface area (Å²) in [6, 6.07) is 4.84. The number of hydrogen-bond acceptors (Lipinski definition) is 3. The molecule has 6 heteroatoms. The Bertz CT molecular complexity index is 633. The van der Waals surface area contributed by atoms with E-state index >= 15 is 0 Å². The molecule has 0 saturated carbocycles. The van der Waals surface area contributed by atoms with E-state index in [4.69, 9.17) is 0 Å². The number of hydrogen-bond donors (Lipinski definition) is 1. The molecule has 0 radical (unpaired) electrons. The molecule has 0 atom stereocenters. The molecular formula is C13H18N2O3S. The molecule has 0 aromatic heterocycles. The van der Waals surface area contributed by atoms with Crippen LogP contribution in [0.2, 0.25) is 0 Å². The van der Waals surface area contributed by atoms with Crippen LogP contribution in [-0.2, 0) is 20.2 Å². The highest BCUT2D eigenvalue weighted by molar-refractivity contribution is 7.89. The second-order valence-corrected chi connectivity index (χ2v) is 7.76. The summed E-state index contributed by atoms with van der Waals surface area (Å²) >= 11 is 0. The second-order valence-electron chi connectivity index (χ2n) is 5.60. The van der Waals surface area contributed by atoms with Crippen molar-refractivity contribution in [1.29, 1.82) is 0 Å². The van der Waals surface area contributed by atoms with Crippen LogP contribution in [0.4, 0.5) is 5.69 Å². The third-order valence-corrected chi connectivity index (χ3v) is 5.19. The standard InChI is InChI=1S/C13H18N2O3S/c1-13(2)8-12(16)14-11-6-5-9(7-10(11)13)19(17,18)15(3)4/h5-7H,8H2,1-4H3,(H,14,16). The van der Waals surface area contributed by atoms with Crippen molar-refractivity contribution < 1.29 is 13.2 Å². The first-order chi connectivity index (χ1) is 8.64. The molecule has 1 aliphatic heterocycles. The lowest BCUT2D eigenvalue weighted by molar-refractivity contribution is -0.117. The van der Waals surface area contributed by atoms with Gasteiger partial charge in [0.15, 0.2) is 0 Å². The minimum atomic E-state index is -3.45. The molecule has 0 unspecified atom stereocenters. The fourth-order valence-corrected chi connectivity index (χ4v) is 3.18. The number of sulfonamides is 1. The van der Waals surface area contributed by atoms with E-state index in [1.54, 1.807) is 12.1 Å². The van der Waals surface area contributed by atoms with Gasteiger partial charge in [-0.05, 0) is 23.8 Å². The van der Waals surface area contributed by atoms with Crippen molar-refractivity contribution in [3.63, 3.8) is 0 Å². The largest absolute Gasteiger partial charge is 0.326 e. The second kappa shape index (κ2) is 4.31. The van der Waals surface area contributed by atoms with E-state index in [2.05, 4.69) is 5.32 Å². The zero-order valence-corrected chi connectivity index (χ0v) is 12.3. The zero-order chi connectivity index (χ0) is 14.4. The van der Waals surface area contributed by atoms with Gasteiger partial charge < -0.3 is 5.32 Å². The SMILES string of the molecule is CN(C)S(=O)(=O)c1ccc2c(c1)C(C)(C)CC(=O)N2. The Kier molecular flexibility index (Phi) is 3.18. The lowest BCUT2D eigenvalue weighted by Crippen LogP contribution is -2.33. The van der Waals surface area contributed by atoms with Gasteiger partial charge in [-0.15, -0.1) is 0 Å². The molecule has 0 saturated heterocycles. The van der Waals surface area contributed by atoms with Crippen molar-refractivity contribution in [2.75, 3.05) is 19.4 Å². The first kappa shape index (κ1) is 14.0. The summed E-state index contributed by atoms with van der Waals surface area (Å²) in [5.74, 6) is -0.0410. The molecule has 1 aromatic carbocycles. The average Bonchev–Trinajstić information content (AvgIpc) is 2.26. The summed E-state index contributed by atoms with van der Waals surface area (Å²) in [4.78, 5) is 11.8. The van der Waals surface area contributed by atoms with Gasteiger partial charge in [0.1, 0.15) is 0 Å². The van der Waals surface area contributed by atoms with Crippen LogP contribution in [-0.4, -0.2) is 32.7 Å². The van der Waals surface area contributed by atoms with E-state index in [1.165, 1.54) is 24.5 Å². The molecule has 2 rings (SSSR count). The number of amides is 1. The number of nitrogens with one attached hydrogen (secondary N) is 1. The van der Waals surface area contributed by atoms with Crippen LogP contribution in [0.25, 0.3) is 0 Å². The van der Waals surface area contributed by atoms with E-state index in [-0.39, 0.29) is 16.2 Å². The molecule has 0 spiro atoms. The van der Waals surface area contributed by atoms with Gasteiger partial charge in [-0.25, -0.2) is 12.7 Å². The molecule has 1 N–H and O–H groups in total. The van der Waals surface area contributed by atoms with Crippen LogP contribution in [0.3, 0.4) is 0 Å². The van der Waals surface area contributed by atoms with Crippen LogP contribution in [0, 0.1) is 0 Å². The van der Waals surface area contributed by atoms with Gasteiger partial charge in [0.05, 0.1) is 4.90 Å². The summed E-state index contributed by atoms with van der Waals surface area (Å²) in [6.07, 6.45) is 0.353. The van der Waals surface area contributed by atoms with Gasteiger partial charge >= 0.3 is 0 Å².